The molecule has 2 N–H and O–H groups in total. The average molecular weight is 321 g/mol. The third kappa shape index (κ3) is 2.80. The zero-order valence-corrected chi connectivity index (χ0v) is 12.9. The van der Waals surface area contributed by atoms with Crippen LogP contribution in [0.25, 0.3) is 0 Å². The minimum atomic E-state index is -0.289. The van der Waals surface area contributed by atoms with Gasteiger partial charge in [0, 0.05) is 16.2 Å². The zero-order valence-electron chi connectivity index (χ0n) is 11.3. The van der Waals surface area contributed by atoms with Gasteiger partial charge in [0.2, 0.25) is 0 Å². The molecule has 19 heavy (non-hydrogen) atoms. The Kier molecular flexibility index (Phi) is 4.22. The van der Waals surface area contributed by atoms with E-state index in [1.165, 1.54) is 5.56 Å². The van der Waals surface area contributed by atoms with Crippen molar-refractivity contribution in [2.75, 3.05) is 7.11 Å². The predicted molar refractivity (Wildman–Crippen MR) is 80.4 cm³/mol. The normalized spacial score (nSPS) is 12.3. The minimum Gasteiger partial charge on any atom is -0.496 e. The topological polar surface area (TPSA) is 48.1 Å². The van der Waals surface area contributed by atoms with Gasteiger partial charge < -0.3 is 10.5 Å². The van der Waals surface area contributed by atoms with Crippen LogP contribution in [0.5, 0.6) is 5.75 Å². The fourth-order valence-electron chi connectivity index (χ4n) is 2.06. The summed E-state index contributed by atoms with van der Waals surface area (Å²) in [5.41, 5.74) is 10.4. The molecular weight excluding hydrogens is 304 g/mol. The van der Waals surface area contributed by atoms with E-state index in [1.54, 1.807) is 13.3 Å². The number of aryl methyl sites for hydroxylation is 1. The highest BCUT2D eigenvalue weighted by molar-refractivity contribution is 9.10. The van der Waals surface area contributed by atoms with E-state index < -0.39 is 0 Å². The highest BCUT2D eigenvalue weighted by Gasteiger charge is 2.17. The molecule has 0 spiro atoms. The molecule has 100 valence electrons. The first-order valence-corrected chi connectivity index (χ1v) is 6.85. The Balaban J connectivity index is 2.46. The second-order valence-corrected chi connectivity index (χ2v) is 5.42. The van der Waals surface area contributed by atoms with E-state index in [1.807, 2.05) is 25.1 Å². The number of aromatic nitrogens is 1. The molecule has 3 nitrogen and oxygen atoms in total. The quantitative estimate of drug-likeness (QED) is 0.941. The van der Waals surface area contributed by atoms with Crippen LogP contribution in [-0.2, 0) is 0 Å². The van der Waals surface area contributed by atoms with Crippen LogP contribution < -0.4 is 10.5 Å². The molecule has 0 aliphatic carbocycles. The molecule has 1 heterocycles. The van der Waals surface area contributed by atoms with Crippen molar-refractivity contribution < 1.29 is 4.74 Å². The Hall–Kier alpha value is -1.39. The fourth-order valence-corrected chi connectivity index (χ4v) is 2.29. The molecule has 0 saturated carbocycles. The van der Waals surface area contributed by atoms with E-state index in [9.17, 15) is 0 Å². The van der Waals surface area contributed by atoms with Gasteiger partial charge in [0.15, 0.2) is 0 Å². The van der Waals surface area contributed by atoms with Crippen LogP contribution in [-0.4, -0.2) is 12.1 Å². The van der Waals surface area contributed by atoms with Crippen molar-refractivity contribution >= 4 is 15.9 Å². The summed E-state index contributed by atoms with van der Waals surface area (Å²) in [5.74, 6) is 0.845. The van der Waals surface area contributed by atoms with E-state index in [0.717, 1.165) is 27.0 Å². The van der Waals surface area contributed by atoms with Gasteiger partial charge in [-0.25, -0.2) is 0 Å². The van der Waals surface area contributed by atoms with Crippen LogP contribution in [0.2, 0.25) is 0 Å². The van der Waals surface area contributed by atoms with Crippen LogP contribution in [0.4, 0.5) is 0 Å². The highest BCUT2D eigenvalue weighted by atomic mass is 79.9. The van der Waals surface area contributed by atoms with E-state index in [2.05, 4.69) is 33.9 Å². The number of nitrogens with zero attached hydrogens (tertiary/aromatic N) is 1. The zero-order chi connectivity index (χ0) is 14.0. The third-order valence-corrected chi connectivity index (χ3v) is 3.78. The van der Waals surface area contributed by atoms with Crippen molar-refractivity contribution in [3.63, 3.8) is 0 Å². The van der Waals surface area contributed by atoms with E-state index in [4.69, 9.17) is 10.5 Å². The van der Waals surface area contributed by atoms with Crippen LogP contribution >= 0.6 is 15.9 Å². The van der Waals surface area contributed by atoms with Gasteiger partial charge in [0.05, 0.1) is 18.8 Å². The van der Waals surface area contributed by atoms with Crippen molar-refractivity contribution in [1.29, 1.82) is 0 Å². The van der Waals surface area contributed by atoms with Gasteiger partial charge >= 0.3 is 0 Å². The molecule has 0 aliphatic rings. The Morgan fingerprint density at radius 1 is 1.21 bits per heavy atom. The first-order valence-electron chi connectivity index (χ1n) is 6.05. The lowest BCUT2D eigenvalue weighted by atomic mass is 9.97. The third-order valence-electron chi connectivity index (χ3n) is 3.32. The lowest BCUT2D eigenvalue weighted by Crippen LogP contribution is -2.15. The lowest BCUT2D eigenvalue weighted by molar-refractivity contribution is 0.404. The summed E-state index contributed by atoms with van der Waals surface area (Å²) in [7, 11) is 1.67. The molecule has 4 heteroatoms. The molecule has 0 amide bonds. The first-order chi connectivity index (χ1) is 9.04. The number of halogens is 1. The van der Waals surface area contributed by atoms with E-state index in [0.29, 0.717) is 0 Å². The molecule has 2 aromatic rings. The van der Waals surface area contributed by atoms with Gasteiger partial charge in [0.25, 0.3) is 0 Å². The van der Waals surface area contributed by atoms with Crippen molar-refractivity contribution in [3.05, 3.63) is 57.3 Å². The molecule has 1 aromatic heterocycles. The molecule has 0 saturated heterocycles. The maximum absolute atomic E-state index is 6.30. The largest absolute Gasteiger partial charge is 0.496 e. The van der Waals surface area contributed by atoms with Crippen molar-refractivity contribution in [2.45, 2.75) is 19.9 Å². The van der Waals surface area contributed by atoms with Crippen LogP contribution in [0.1, 0.15) is 28.4 Å². The lowest BCUT2D eigenvalue weighted by Gasteiger charge is -2.18. The molecule has 1 unspecified atom stereocenters. The van der Waals surface area contributed by atoms with Crippen LogP contribution in [0.15, 0.2) is 34.9 Å². The summed E-state index contributed by atoms with van der Waals surface area (Å²) in [5, 5.41) is 0. The summed E-state index contributed by atoms with van der Waals surface area (Å²) in [4.78, 5) is 4.35. The molecular formula is C15H17BrN2O. The van der Waals surface area contributed by atoms with Crippen molar-refractivity contribution in [2.24, 2.45) is 5.73 Å². The second kappa shape index (κ2) is 5.72. The van der Waals surface area contributed by atoms with Gasteiger partial charge in [0.1, 0.15) is 5.75 Å². The summed E-state index contributed by atoms with van der Waals surface area (Å²) >= 11 is 3.37. The van der Waals surface area contributed by atoms with Gasteiger partial charge in [-0.2, -0.15) is 0 Å². The molecule has 0 aliphatic heterocycles. The summed E-state index contributed by atoms with van der Waals surface area (Å²) in [6.45, 7) is 4.10. The smallest absolute Gasteiger partial charge is 0.127 e. The summed E-state index contributed by atoms with van der Waals surface area (Å²) in [6.07, 6.45) is 1.75. The average Bonchev–Trinajstić information content (AvgIpc) is 2.41. The van der Waals surface area contributed by atoms with Crippen LogP contribution in [0.3, 0.4) is 0 Å². The van der Waals surface area contributed by atoms with Crippen LogP contribution in [0, 0.1) is 13.8 Å². The molecule has 2 rings (SSSR count). The number of pyridine rings is 1. The Bertz CT molecular complexity index is 581. The summed E-state index contributed by atoms with van der Waals surface area (Å²) < 4.78 is 6.45. The summed E-state index contributed by atoms with van der Waals surface area (Å²) in [6, 6.07) is 7.64. The van der Waals surface area contributed by atoms with E-state index in [-0.39, 0.29) is 6.04 Å². The number of hydrogen-bond acceptors (Lipinski definition) is 3. The number of rotatable bonds is 3. The van der Waals surface area contributed by atoms with Gasteiger partial charge in [-0.05, 0) is 53.0 Å². The molecule has 0 radical (unpaired) electrons. The standard InChI is InChI=1S/C15H17BrN2O/c1-9-4-6-12(15(19-3)10(9)2)14(17)13-7-5-11(16)8-18-13/h4-8,14H,17H2,1-3H3. The molecule has 0 fully saturated rings. The van der Waals surface area contributed by atoms with Gasteiger partial charge in [-0.15, -0.1) is 0 Å². The van der Waals surface area contributed by atoms with Crippen molar-refractivity contribution in [3.8, 4) is 5.75 Å². The Morgan fingerprint density at radius 2 is 1.95 bits per heavy atom. The highest BCUT2D eigenvalue weighted by Crippen LogP contribution is 2.32. The van der Waals surface area contributed by atoms with Gasteiger partial charge in [-0.1, -0.05) is 12.1 Å². The molecule has 1 atom stereocenters. The number of ether oxygens (including phenoxy) is 1. The SMILES string of the molecule is COc1c(C(N)c2ccc(Br)cn2)ccc(C)c1C. The monoisotopic (exact) mass is 320 g/mol. The number of hydrogen-bond donors (Lipinski definition) is 1. The van der Waals surface area contributed by atoms with E-state index >= 15 is 0 Å². The maximum atomic E-state index is 6.30. The van der Waals surface area contributed by atoms with Gasteiger partial charge in [-0.3, -0.25) is 4.98 Å². The Morgan fingerprint density at radius 3 is 2.53 bits per heavy atom. The molecule has 0 bridgehead atoms. The van der Waals surface area contributed by atoms with Crippen molar-refractivity contribution in [1.82, 2.24) is 4.98 Å². The maximum Gasteiger partial charge on any atom is 0.127 e. The Labute approximate surface area is 121 Å². The predicted octanol–water partition coefficient (Wildman–Crippen LogP) is 3.52. The molecule has 1 aromatic carbocycles. The minimum absolute atomic E-state index is 0.289. The number of methoxy groups -OCH3 is 1. The second-order valence-electron chi connectivity index (χ2n) is 4.51. The number of nitrogens with two attached hydrogens (primary N) is 1. The number of benzene rings is 1. The first kappa shape index (κ1) is 14.0. The fraction of sp³-hybridized carbons (Fsp3) is 0.267.